The Labute approximate surface area is 132 Å². The number of anilines is 1. The van der Waals surface area contributed by atoms with E-state index in [-0.39, 0.29) is 22.3 Å². The first-order chi connectivity index (χ1) is 10.5. The molecule has 0 spiro atoms. The highest BCUT2D eigenvalue weighted by Gasteiger charge is 2.27. The van der Waals surface area contributed by atoms with Gasteiger partial charge in [-0.1, -0.05) is 11.6 Å². The van der Waals surface area contributed by atoms with Crippen molar-refractivity contribution in [1.82, 2.24) is 0 Å². The van der Waals surface area contributed by atoms with Crippen molar-refractivity contribution in [3.63, 3.8) is 0 Å². The van der Waals surface area contributed by atoms with Gasteiger partial charge < -0.3 is 14.4 Å². The molecule has 2 rings (SSSR count). The molecular formula is C14H17ClN2O5. The van der Waals surface area contributed by atoms with Gasteiger partial charge >= 0.3 is 5.97 Å². The molecule has 120 valence electrons. The van der Waals surface area contributed by atoms with Gasteiger partial charge in [-0.15, -0.1) is 0 Å². The Balaban J connectivity index is 2.43. The third-order valence-electron chi connectivity index (χ3n) is 3.78. The maximum atomic E-state index is 11.6. The minimum absolute atomic E-state index is 0.0139. The highest BCUT2D eigenvalue weighted by Crippen LogP contribution is 2.35. The lowest BCUT2D eigenvalue weighted by Crippen LogP contribution is -2.37. The summed E-state index contributed by atoms with van der Waals surface area (Å²) < 4.78 is 9.90. The first-order valence-corrected chi connectivity index (χ1v) is 7.20. The molecule has 0 N–H and O–H groups in total. The smallest absolute Gasteiger partial charge is 0.339 e. The Bertz CT molecular complexity index is 587. The lowest BCUT2D eigenvalue weighted by molar-refractivity contribution is -0.384. The normalized spacial score (nSPS) is 15.4. The van der Waals surface area contributed by atoms with Crippen LogP contribution >= 0.6 is 11.6 Å². The van der Waals surface area contributed by atoms with E-state index in [4.69, 9.17) is 16.3 Å². The molecule has 1 aliphatic heterocycles. The molecule has 1 fully saturated rings. The molecule has 0 saturated carbocycles. The molecule has 0 amide bonds. The molecule has 1 heterocycles. The van der Waals surface area contributed by atoms with Crippen molar-refractivity contribution >= 4 is 28.9 Å². The highest BCUT2D eigenvalue weighted by molar-refractivity contribution is 6.34. The second-order valence-electron chi connectivity index (χ2n) is 5.02. The SMILES string of the molecule is COC(=O)c1cc([N+](=O)[O-])c(N(C)C2CCOCC2)cc1Cl. The lowest BCUT2D eigenvalue weighted by atomic mass is 10.1. The zero-order chi connectivity index (χ0) is 16.3. The summed E-state index contributed by atoms with van der Waals surface area (Å²) in [5, 5.41) is 11.5. The second kappa shape index (κ2) is 6.93. The first-order valence-electron chi connectivity index (χ1n) is 6.82. The minimum atomic E-state index is -0.701. The average molecular weight is 329 g/mol. The Morgan fingerprint density at radius 2 is 2.09 bits per heavy atom. The predicted molar refractivity (Wildman–Crippen MR) is 81.7 cm³/mol. The number of rotatable bonds is 4. The summed E-state index contributed by atoms with van der Waals surface area (Å²) in [7, 11) is 2.99. The topological polar surface area (TPSA) is 81.9 Å². The summed E-state index contributed by atoms with van der Waals surface area (Å²) in [4.78, 5) is 24.3. The zero-order valence-electron chi connectivity index (χ0n) is 12.4. The van der Waals surface area contributed by atoms with Crippen molar-refractivity contribution in [3.05, 3.63) is 32.8 Å². The number of nitro groups is 1. The maximum Gasteiger partial charge on any atom is 0.339 e. The minimum Gasteiger partial charge on any atom is -0.465 e. The van der Waals surface area contributed by atoms with Crippen LogP contribution in [0, 0.1) is 10.1 Å². The van der Waals surface area contributed by atoms with Gasteiger partial charge in [-0.3, -0.25) is 10.1 Å². The van der Waals surface area contributed by atoms with E-state index in [9.17, 15) is 14.9 Å². The molecule has 1 aliphatic rings. The van der Waals surface area contributed by atoms with Gasteiger partial charge in [-0.25, -0.2) is 4.79 Å². The van der Waals surface area contributed by atoms with Crippen LogP contribution < -0.4 is 4.90 Å². The van der Waals surface area contributed by atoms with Crippen LogP contribution in [0.3, 0.4) is 0 Å². The van der Waals surface area contributed by atoms with Crippen LogP contribution in [0.2, 0.25) is 5.02 Å². The molecule has 0 atom stereocenters. The van der Waals surface area contributed by atoms with Gasteiger partial charge in [-0.2, -0.15) is 0 Å². The number of carbonyl (C=O) groups is 1. The van der Waals surface area contributed by atoms with Crippen LogP contribution in [0.5, 0.6) is 0 Å². The van der Waals surface area contributed by atoms with E-state index in [0.29, 0.717) is 18.9 Å². The first kappa shape index (κ1) is 16.5. The number of esters is 1. The van der Waals surface area contributed by atoms with Crippen molar-refractivity contribution in [1.29, 1.82) is 0 Å². The van der Waals surface area contributed by atoms with Crippen LogP contribution in [-0.2, 0) is 9.47 Å². The number of ether oxygens (including phenoxy) is 2. The van der Waals surface area contributed by atoms with E-state index in [1.165, 1.54) is 19.2 Å². The third kappa shape index (κ3) is 3.31. The number of nitro benzene ring substituents is 1. The second-order valence-corrected chi connectivity index (χ2v) is 5.43. The van der Waals surface area contributed by atoms with Crippen molar-refractivity contribution in [2.45, 2.75) is 18.9 Å². The Kier molecular flexibility index (Phi) is 5.20. The number of hydrogen-bond acceptors (Lipinski definition) is 6. The van der Waals surface area contributed by atoms with Crippen LogP contribution in [0.1, 0.15) is 23.2 Å². The molecule has 0 unspecified atom stereocenters. The monoisotopic (exact) mass is 328 g/mol. The molecule has 0 radical (unpaired) electrons. The average Bonchev–Trinajstić information content (AvgIpc) is 2.53. The number of halogens is 1. The Morgan fingerprint density at radius 1 is 1.45 bits per heavy atom. The van der Waals surface area contributed by atoms with Crippen LogP contribution in [0.25, 0.3) is 0 Å². The molecule has 1 aromatic rings. The van der Waals surface area contributed by atoms with Crippen LogP contribution in [0.15, 0.2) is 12.1 Å². The summed E-state index contributed by atoms with van der Waals surface area (Å²) in [6.07, 6.45) is 1.56. The van der Waals surface area contributed by atoms with Gasteiger partial charge in [0.25, 0.3) is 5.69 Å². The maximum absolute atomic E-state index is 11.6. The molecule has 1 aromatic carbocycles. The molecule has 22 heavy (non-hydrogen) atoms. The molecule has 7 nitrogen and oxygen atoms in total. The Morgan fingerprint density at radius 3 is 2.64 bits per heavy atom. The van der Waals surface area contributed by atoms with E-state index in [1.807, 2.05) is 4.90 Å². The van der Waals surface area contributed by atoms with E-state index >= 15 is 0 Å². The van der Waals surface area contributed by atoms with Gasteiger partial charge in [0.2, 0.25) is 0 Å². The number of nitrogens with zero attached hydrogens (tertiary/aromatic N) is 2. The summed E-state index contributed by atoms with van der Waals surface area (Å²) in [6.45, 7) is 1.24. The highest BCUT2D eigenvalue weighted by atomic mass is 35.5. The molecule has 1 saturated heterocycles. The molecule has 8 heteroatoms. The predicted octanol–water partition coefficient (Wildman–Crippen LogP) is 2.65. The van der Waals surface area contributed by atoms with Crippen molar-refractivity contribution < 1.29 is 19.2 Å². The van der Waals surface area contributed by atoms with Gasteiger partial charge in [0.15, 0.2) is 0 Å². The summed E-state index contributed by atoms with van der Waals surface area (Å²) in [5.41, 5.74) is 0.202. The van der Waals surface area contributed by atoms with E-state index < -0.39 is 10.9 Å². The van der Waals surface area contributed by atoms with Crippen molar-refractivity contribution in [3.8, 4) is 0 Å². The molecular weight excluding hydrogens is 312 g/mol. The van der Waals surface area contributed by atoms with Gasteiger partial charge in [0.1, 0.15) is 5.69 Å². The summed E-state index contributed by atoms with van der Waals surface area (Å²) in [6, 6.07) is 2.74. The number of hydrogen-bond donors (Lipinski definition) is 0. The van der Waals surface area contributed by atoms with Crippen molar-refractivity contribution in [2.24, 2.45) is 0 Å². The zero-order valence-corrected chi connectivity index (χ0v) is 13.1. The summed E-state index contributed by atoms with van der Waals surface area (Å²) >= 11 is 6.09. The summed E-state index contributed by atoms with van der Waals surface area (Å²) in [5.74, 6) is -0.701. The number of benzene rings is 1. The number of methoxy groups -OCH3 is 1. The van der Waals surface area contributed by atoms with E-state index in [0.717, 1.165) is 12.8 Å². The van der Waals surface area contributed by atoms with Crippen LogP contribution in [0.4, 0.5) is 11.4 Å². The van der Waals surface area contributed by atoms with Crippen LogP contribution in [-0.4, -0.2) is 44.3 Å². The fourth-order valence-corrected chi connectivity index (χ4v) is 2.75. The third-order valence-corrected chi connectivity index (χ3v) is 4.10. The fraction of sp³-hybridized carbons (Fsp3) is 0.500. The van der Waals surface area contributed by atoms with Gasteiger partial charge in [0.05, 0.1) is 22.6 Å². The lowest BCUT2D eigenvalue weighted by Gasteiger charge is -2.32. The van der Waals surface area contributed by atoms with Gasteiger partial charge in [-0.05, 0) is 18.9 Å². The largest absolute Gasteiger partial charge is 0.465 e. The van der Waals surface area contributed by atoms with E-state index in [2.05, 4.69) is 4.74 Å². The van der Waals surface area contributed by atoms with Crippen molar-refractivity contribution in [2.75, 3.05) is 32.3 Å². The fourth-order valence-electron chi connectivity index (χ4n) is 2.52. The number of carbonyl (C=O) groups excluding carboxylic acids is 1. The standard InChI is InChI=1S/C14H17ClN2O5/c1-16(9-3-5-22-6-4-9)12-8-11(15)10(14(18)21-2)7-13(12)17(19)20/h7-9H,3-6H2,1-2H3. The van der Waals surface area contributed by atoms with E-state index in [1.54, 1.807) is 7.05 Å². The quantitative estimate of drug-likeness (QED) is 0.480. The molecule has 0 bridgehead atoms. The molecule has 0 aromatic heterocycles. The molecule has 0 aliphatic carbocycles. The Hall–Kier alpha value is -1.86. The van der Waals surface area contributed by atoms with Gasteiger partial charge in [0, 0.05) is 32.4 Å².